The van der Waals surface area contributed by atoms with Crippen LogP contribution in [0.4, 0.5) is 0 Å². The van der Waals surface area contributed by atoms with Crippen molar-refractivity contribution in [1.29, 1.82) is 0 Å². The maximum atomic E-state index is 12.7. The van der Waals surface area contributed by atoms with Crippen LogP contribution < -0.4 is 5.32 Å². The summed E-state index contributed by atoms with van der Waals surface area (Å²) < 4.78 is 0. The zero-order valence-electron chi connectivity index (χ0n) is 15.3. The number of hydrogen-bond acceptors (Lipinski definition) is 2. The predicted octanol–water partition coefficient (Wildman–Crippen LogP) is 4.36. The predicted molar refractivity (Wildman–Crippen MR) is 109 cm³/mol. The molecule has 1 N–H and O–H groups in total. The van der Waals surface area contributed by atoms with Crippen molar-refractivity contribution >= 4 is 5.91 Å². The Morgan fingerprint density at radius 3 is 2.37 bits per heavy atom. The maximum absolute atomic E-state index is 12.7. The lowest BCUT2D eigenvalue weighted by molar-refractivity contribution is 0.0937. The summed E-state index contributed by atoms with van der Waals surface area (Å²) in [5, 5.41) is 3.21. The van der Waals surface area contributed by atoms with Gasteiger partial charge in [0.05, 0.1) is 0 Å². The van der Waals surface area contributed by atoms with Crippen molar-refractivity contribution in [3.8, 4) is 11.1 Å². The molecular weight excluding hydrogens is 332 g/mol. The van der Waals surface area contributed by atoms with Gasteiger partial charge in [-0.2, -0.15) is 0 Å². The highest BCUT2D eigenvalue weighted by Gasteiger charge is 2.24. The van der Waals surface area contributed by atoms with E-state index in [1.165, 1.54) is 5.56 Å². The van der Waals surface area contributed by atoms with Gasteiger partial charge in [-0.1, -0.05) is 72.8 Å². The van der Waals surface area contributed by atoms with Crippen molar-refractivity contribution in [1.82, 2.24) is 10.2 Å². The van der Waals surface area contributed by atoms with Gasteiger partial charge in [-0.3, -0.25) is 9.69 Å². The molecule has 0 unspecified atom stereocenters. The zero-order chi connectivity index (χ0) is 18.5. The summed E-state index contributed by atoms with van der Waals surface area (Å²) in [6.07, 6.45) is 0.997. The van der Waals surface area contributed by atoms with E-state index in [9.17, 15) is 4.79 Å². The molecule has 3 aromatic carbocycles. The van der Waals surface area contributed by atoms with Gasteiger partial charge in [0, 0.05) is 31.2 Å². The highest BCUT2D eigenvalue weighted by atomic mass is 16.1. The molecule has 27 heavy (non-hydrogen) atoms. The molecule has 3 nitrogen and oxygen atoms in total. The van der Waals surface area contributed by atoms with Gasteiger partial charge in [-0.15, -0.1) is 0 Å². The minimum atomic E-state index is 0.0133. The number of hydrogen-bond donors (Lipinski definition) is 1. The minimum Gasteiger partial charge on any atom is -0.348 e. The second-order valence-corrected chi connectivity index (χ2v) is 7.13. The lowest BCUT2D eigenvalue weighted by Gasteiger charge is -2.17. The Balaban J connectivity index is 1.37. The van der Waals surface area contributed by atoms with Crippen molar-refractivity contribution < 1.29 is 4.79 Å². The molecule has 1 atom stereocenters. The Morgan fingerprint density at radius 2 is 1.59 bits per heavy atom. The molecule has 1 fully saturated rings. The second kappa shape index (κ2) is 8.19. The first-order valence-electron chi connectivity index (χ1n) is 9.50. The number of carbonyl (C=O) groups excluding carboxylic acids is 1. The van der Waals surface area contributed by atoms with Crippen molar-refractivity contribution in [2.45, 2.75) is 19.0 Å². The van der Waals surface area contributed by atoms with E-state index in [0.717, 1.165) is 42.7 Å². The van der Waals surface area contributed by atoms with Crippen molar-refractivity contribution in [2.24, 2.45) is 0 Å². The molecule has 3 aromatic rings. The summed E-state index contributed by atoms with van der Waals surface area (Å²) >= 11 is 0. The summed E-state index contributed by atoms with van der Waals surface area (Å²) in [5.74, 6) is 0.0133. The number of carbonyl (C=O) groups is 1. The molecule has 0 aromatic heterocycles. The van der Waals surface area contributed by atoms with Gasteiger partial charge in [0.2, 0.25) is 0 Å². The fourth-order valence-electron chi connectivity index (χ4n) is 3.68. The monoisotopic (exact) mass is 356 g/mol. The Labute approximate surface area is 160 Å². The molecule has 0 radical (unpaired) electrons. The van der Waals surface area contributed by atoms with E-state index in [1.807, 2.05) is 48.5 Å². The van der Waals surface area contributed by atoms with Gasteiger partial charge in [0.1, 0.15) is 0 Å². The number of benzene rings is 3. The Kier molecular flexibility index (Phi) is 5.31. The molecule has 1 heterocycles. The zero-order valence-corrected chi connectivity index (χ0v) is 15.3. The first-order chi connectivity index (χ1) is 13.3. The maximum Gasteiger partial charge on any atom is 0.251 e. The molecule has 3 heteroatoms. The van der Waals surface area contributed by atoms with Crippen molar-refractivity contribution in [2.75, 3.05) is 13.1 Å². The van der Waals surface area contributed by atoms with Gasteiger partial charge >= 0.3 is 0 Å². The lowest BCUT2D eigenvalue weighted by atomic mass is 10.0. The molecule has 0 bridgehead atoms. The molecule has 0 saturated carbocycles. The van der Waals surface area contributed by atoms with Crippen LogP contribution in [0.5, 0.6) is 0 Å². The van der Waals surface area contributed by atoms with E-state index in [2.05, 4.69) is 46.6 Å². The van der Waals surface area contributed by atoms with Crippen LogP contribution >= 0.6 is 0 Å². The number of nitrogens with one attached hydrogen (secondary N) is 1. The SMILES string of the molecule is O=C(N[C@@H]1CCN(Cc2ccccc2)C1)c1cccc(-c2ccccc2)c1. The molecule has 1 saturated heterocycles. The summed E-state index contributed by atoms with van der Waals surface area (Å²) in [7, 11) is 0. The molecule has 0 aliphatic carbocycles. The van der Waals surface area contributed by atoms with Crippen LogP contribution in [-0.2, 0) is 6.54 Å². The standard InChI is InChI=1S/C24H24N2O/c27-24(22-13-7-12-21(16-22)20-10-5-2-6-11-20)25-23-14-15-26(18-23)17-19-8-3-1-4-9-19/h1-13,16,23H,14-15,17-18H2,(H,25,27)/t23-/m1/s1. The van der Waals surface area contributed by atoms with Crippen molar-refractivity contribution in [3.63, 3.8) is 0 Å². The van der Waals surface area contributed by atoms with Gasteiger partial charge in [-0.25, -0.2) is 0 Å². The van der Waals surface area contributed by atoms with Crippen molar-refractivity contribution in [3.05, 3.63) is 96.1 Å². The van der Waals surface area contributed by atoms with Gasteiger partial charge < -0.3 is 5.32 Å². The Bertz CT molecular complexity index is 893. The first kappa shape index (κ1) is 17.5. The number of amides is 1. The molecule has 1 amide bonds. The van der Waals surface area contributed by atoms with E-state index in [-0.39, 0.29) is 11.9 Å². The second-order valence-electron chi connectivity index (χ2n) is 7.13. The third kappa shape index (κ3) is 4.44. The van der Waals surface area contributed by atoms with E-state index < -0.39 is 0 Å². The topological polar surface area (TPSA) is 32.3 Å². The highest BCUT2D eigenvalue weighted by Crippen LogP contribution is 2.20. The number of nitrogens with zero attached hydrogens (tertiary/aromatic N) is 1. The van der Waals surface area contributed by atoms with Crippen LogP contribution in [0.15, 0.2) is 84.9 Å². The van der Waals surface area contributed by atoms with Crippen LogP contribution in [0.25, 0.3) is 11.1 Å². The third-order valence-electron chi connectivity index (χ3n) is 5.09. The summed E-state index contributed by atoms with van der Waals surface area (Å²) in [6.45, 7) is 2.86. The smallest absolute Gasteiger partial charge is 0.251 e. The highest BCUT2D eigenvalue weighted by molar-refractivity contribution is 5.95. The molecule has 1 aliphatic heterocycles. The fraction of sp³-hybridized carbons (Fsp3) is 0.208. The average Bonchev–Trinajstić information content (AvgIpc) is 3.16. The molecule has 0 spiro atoms. The van der Waals surface area contributed by atoms with E-state index in [4.69, 9.17) is 0 Å². The summed E-state index contributed by atoms with van der Waals surface area (Å²) in [5.41, 5.74) is 4.24. The van der Waals surface area contributed by atoms with Crippen LogP contribution in [0.3, 0.4) is 0 Å². The molecule has 136 valence electrons. The van der Waals surface area contributed by atoms with Crippen LogP contribution in [0, 0.1) is 0 Å². The Morgan fingerprint density at radius 1 is 0.889 bits per heavy atom. The largest absolute Gasteiger partial charge is 0.348 e. The minimum absolute atomic E-state index is 0.0133. The van der Waals surface area contributed by atoms with Gasteiger partial charge in [-0.05, 0) is 35.2 Å². The first-order valence-corrected chi connectivity index (χ1v) is 9.50. The Hall–Kier alpha value is -2.91. The van der Waals surface area contributed by atoms with Crippen LogP contribution in [0.1, 0.15) is 22.3 Å². The fourth-order valence-corrected chi connectivity index (χ4v) is 3.68. The quantitative estimate of drug-likeness (QED) is 0.737. The van der Waals surface area contributed by atoms with Gasteiger partial charge in [0.15, 0.2) is 0 Å². The molecule has 1 aliphatic rings. The molecular formula is C24H24N2O. The normalized spacial score (nSPS) is 17.0. The van der Waals surface area contributed by atoms with E-state index in [1.54, 1.807) is 0 Å². The van der Waals surface area contributed by atoms with Crippen LogP contribution in [0.2, 0.25) is 0 Å². The van der Waals surface area contributed by atoms with Gasteiger partial charge in [0.25, 0.3) is 5.91 Å². The summed E-state index contributed by atoms with van der Waals surface area (Å²) in [6, 6.07) is 28.7. The molecule has 4 rings (SSSR count). The number of rotatable bonds is 5. The lowest BCUT2D eigenvalue weighted by Crippen LogP contribution is -2.37. The van der Waals surface area contributed by atoms with Crippen LogP contribution in [-0.4, -0.2) is 29.9 Å². The third-order valence-corrected chi connectivity index (χ3v) is 5.09. The summed E-state index contributed by atoms with van der Waals surface area (Å²) in [4.78, 5) is 15.1. The van der Waals surface area contributed by atoms with E-state index >= 15 is 0 Å². The average molecular weight is 356 g/mol. The number of likely N-dealkylation sites (tertiary alicyclic amines) is 1. The van der Waals surface area contributed by atoms with E-state index in [0.29, 0.717) is 0 Å².